The summed E-state index contributed by atoms with van der Waals surface area (Å²) >= 11 is 0. The minimum absolute atomic E-state index is 0.204. The van der Waals surface area contributed by atoms with Crippen LogP contribution in [0.4, 0.5) is 0 Å². The third-order valence-electron chi connectivity index (χ3n) is 0.333. The summed E-state index contributed by atoms with van der Waals surface area (Å²) in [6, 6.07) is 0. The first-order valence-electron chi connectivity index (χ1n) is 1.44. The van der Waals surface area contributed by atoms with Crippen molar-refractivity contribution in [3.8, 4) is 24.7 Å². The fourth-order valence-electron chi connectivity index (χ4n) is 0.0481. The van der Waals surface area contributed by atoms with Crippen molar-refractivity contribution in [3.05, 3.63) is 0 Å². The molecule has 27 valence electrons. The molecule has 0 aliphatic heterocycles. The molecule has 0 unspecified atom stereocenters. The average Bonchev–Trinajstić information content (AvgIpc) is 1.65. The minimum Gasteiger partial charge on any atom is -0.119 e. The van der Waals surface area contributed by atoms with Crippen LogP contribution in [0.25, 0.3) is 0 Å². The summed E-state index contributed by atoms with van der Waals surface area (Å²) in [4.78, 5) is 0. The van der Waals surface area contributed by atoms with Crippen molar-refractivity contribution in [3.63, 3.8) is 0 Å². The smallest absolute Gasteiger partial charge is 0.0643 e. The van der Waals surface area contributed by atoms with Crippen LogP contribution in [0.2, 0.25) is 5.54 Å². The van der Waals surface area contributed by atoms with E-state index in [4.69, 9.17) is 12.8 Å². The van der Waals surface area contributed by atoms with Gasteiger partial charge in [-0.2, -0.15) is 0 Å². The van der Waals surface area contributed by atoms with E-state index in [1.807, 2.05) is 0 Å². The van der Waals surface area contributed by atoms with E-state index in [1.165, 1.54) is 0 Å². The lowest BCUT2D eigenvalue weighted by Crippen LogP contribution is -1.77. The molecular formula is C5H3Si. The van der Waals surface area contributed by atoms with Crippen LogP contribution in [0, 0.1) is 24.7 Å². The highest BCUT2D eigenvalue weighted by molar-refractivity contribution is 6.15. The molecule has 3 radical (unpaired) electrons. The highest BCUT2D eigenvalue weighted by Crippen LogP contribution is 1.86. The van der Waals surface area contributed by atoms with Gasteiger partial charge in [-0.15, -0.1) is 12.8 Å². The molecule has 0 saturated carbocycles. The quantitative estimate of drug-likeness (QED) is 0.295. The molecule has 0 aromatic heterocycles. The molecule has 6 heavy (non-hydrogen) atoms. The number of rotatable bonds is 0. The Kier molecular flexibility index (Phi) is 2.28. The van der Waals surface area contributed by atoms with Crippen LogP contribution >= 0.6 is 0 Å². The summed E-state index contributed by atoms with van der Waals surface area (Å²) in [5, 5.41) is 0. The van der Waals surface area contributed by atoms with Crippen LogP contribution in [-0.2, 0) is 0 Å². The SMILES string of the molecule is C#CC([Si])C#C. The Labute approximate surface area is 41.4 Å². The molecule has 0 spiro atoms. The molecule has 1 heteroatoms. The topological polar surface area (TPSA) is 0 Å². The van der Waals surface area contributed by atoms with E-state index in [9.17, 15) is 0 Å². The Morgan fingerprint density at radius 2 is 1.67 bits per heavy atom. The summed E-state index contributed by atoms with van der Waals surface area (Å²) in [6.07, 6.45) is 9.68. The molecular weight excluding hydrogens is 88.1 g/mol. The van der Waals surface area contributed by atoms with Gasteiger partial charge < -0.3 is 0 Å². The van der Waals surface area contributed by atoms with E-state index in [0.29, 0.717) is 0 Å². The first-order chi connectivity index (χ1) is 2.81. The Morgan fingerprint density at radius 3 is 1.67 bits per heavy atom. The molecule has 0 atom stereocenters. The standard InChI is InChI=1S/C5H3Si/c1-3-5(6)4-2/h1-2,5H. The van der Waals surface area contributed by atoms with Crippen LogP contribution in [0.5, 0.6) is 0 Å². The third kappa shape index (κ3) is 1.64. The highest BCUT2D eigenvalue weighted by Gasteiger charge is 1.80. The van der Waals surface area contributed by atoms with Gasteiger partial charge in [-0.05, 0) is 0 Å². The lowest BCUT2D eigenvalue weighted by atomic mass is 10.5. The van der Waals surface area contributed by atoms with Gasteiger partial charge in [0.15, 0.2) is 0 Å². The van der Waals surface area contributed by atoms with Crippen LogP contribution in [0.1, 0.15) is 0 Å². The molecule has 0 rings (SSSR count). The summed E-state index contributed by atoms with van der Waals surface area (Å²) in [5.74, 6) is 4.58. The van der Waals surface area contributed by atoms with Crippen molar-refractivity contribution in [2.45, 2.75) is 5.54 Å². The monoisotopic (exact) mass is 91.0 g/mol. The molecule has 0 fully saturated rings. The fraction of sp³-hybridized carbons (Fsp3) is 0.200. The number of hydrogen-bond donors (Lipinski definition) is 0. The van der Waals surface area contributed by atoms with Gasteiger partial charge in [0.25, 0.3) is 0 Å². The van der Waals surface area contributed by atoms with E-state index in [2.05, 4.69) is 22.1 Å². The van der Waals surface area contributed by atoms with Crippen LogP contribution in [0.15, 0.2) is 0 Å². The first kappa shape index (κ1) is 5.34. The van der Waals surface area contributed by atoms with Gasteiger partial charge in [-0.1, -0.05) is 11.8 Å². The van der Waals surface area contributed by atoms with E-state index in [1.54, 1.807) is 0 Å². The Hall–Kier alpha value is -0.663. The lowest BCUT2D eigenvalue weighted by Gasteiger charge is -1.80. The van der Waals surface area contributed by atoms with Crippen LogP contribution in [0.3, 0.4) is 0 Å². The van der Waals surface area contributed by atoms with Gasteiger partial charge in [0.2, 0.25) is 0 Å². The molecule has 0 heterocycles. The zero-order valence-electron chi connectivity index (χ0n) is 3.23. The van der Waals surface area contributed by atoms with Gasteiger partial charge in [-0.25, -0.2) is 0 Å². The molecule has 0 saturated heterocycles. The summed E-state index contributed by atoms with van der Waals surface area (Å²) in [6.45, 7) is 0. The van der Waals surface area contributed by atoms with E-state index in [-0.39, 0.29) is 5.54 Å². The van der Waals surface area contributed by atoms with Crippen molar-refractivity contribution in [1.82, 2.24) is 0 Å². The first-order valence-corrected chi connectivity index (χ1v) is 2.02. The zero-order valence-corrected chi connectivity index (χ0v) is 4.23. The molecule has 0 aromatic rings. The minimum atomic E-state index is -0.204. The molecule has 0 amide bonds. The maximum atomic E-state index is 4.84. The van der Waals surface area contributed by atoms with E-state index < -0.39 is 0 Å². The molecule has 0 nitrogen and oxygen atoms in total. The largest absolute Gasteiger partial charge is 0.119 e. The Balaban J connectivity index is 3.40. The predicted molar refractivity (Wildman–Crippen MR) is 27.2 cm³/mol. The van der Waals surface area contributed by atoms with E-state index in [0.717, 1.165) is 0 Å². The maximum absolute atomic E-state index is 4.84. The average molecular weight is 91.2 g/mol. The summed E-state index contributed by atoms with van der Waals surface area (Å²) < 4.78 is 0. The van der Waals surface area contributed by atoms with Gasteiger partial charge >= 0.3 is 0 Å². The molecule has 0 aliphatic carbocycles. The molecule has 0 aliphatic rings. The fourth-order valence-corrected chi connectivity index (χ4v) is 0.0481. The molecule has 0 bridgehead atoms. The Morgan fingerprint density at radius 1 is 1.33 bits per heavy atom. The second kappa shape index (κ2) is 2.57. The van der Waals surface area contributed by atoms with Crippen molar-refractivity contribution in [2.24, 2.45) is 0 Å². The Bertz CT molecular complexity index is 88.1. The van der Waals surface area contributed by atoms with Crippen molar-refractivity contribution >= 4 is 10.2 Å². The number of hydrogen-bond acceptors (Lipinski definition) is 0. The third-order valence-corrected chi connectivity index (χ3v) is 0.667. The molecule has 0 N–H and O–H groups in total. The van der Waals surface area contributed by atoms with Crippen LogP contribution < -0.4 is 0 Å². The highest BCUT2D eigenvalue weighted by atomic mass is 28.1. The molecule has 0 aromatic carbocycles. The lowest BCUT2D eigenvalue weighted by molar-refractivity contribution is 1.55. The number of terminal acetylenes is 2. The van der Waals surface area contributed by atoms with Gasteiger partial charge in [0.05, 0.1) is 15.8 Å². The second-order valence-corrected chi connectivity index (χ2v) is 1.34. The van der Waals surface area contributed by atoms with E-state index >= 15 is 0 Å². The van der Waals surface area contributed by atoms with Crippen LogP contribution in [-0.4, -0.2) is 10.2 Å². The van der Waals surface area contributed by atoms with Gasteiger partial charge in [0.1, 0.15) is 0 Å². The maximum Gasteiger partial charge on any atom is 0.0643 e. The van der Waals surface area contributed by atoms with Crippen molar-refractivity contribution in [2.75, 3.05) is 0 Å². The summed E-state index contributed by atoms with van der Waals surface area (Å²) in [7, 11) is 3.05. The predicted octanol–water partition coefficient (Wildman–Crippen LogP) is 0.210. The van der Waals surface area contributed by atoms with Crippen molar-refractivity contribution in [1.29, 1.82) is 0 Å². The zero-order chi connectivity index (χ0) is 4.99. The van der Waals surface area contributed by atoms with Gasteiger partial charge in [0, 0.05) is 0 Å². The summed E-state index contributed by atoms with van der Waals surface area (Å²) in [5.41, 5.74) is -0.204. The normalized spacial score (nSPS) is 6.67. The van der Waals surface area contributed by atoms with Gasteiger partial charge in [-0.3, -0.25) is 0 Å². The van der Waals surface area contributed by atoms with Crippen molar-refractivity contribution < 1.29 is 0 Å². The second-order valence-electron chi connectivity index (χ2n) is 0.766.